The summed E-state index contributed by atoms with van der Waals surface area (Å²) in [5, 5.41) is 0. The van der Waals surface area contributed by atoms with Gasteiger partial charge in [0.25, 0.3) is 0 Å². The number of unbranched alkanes of at least 4 members (excludes halogenated alkanes) is 1. The molecule has 0 saturated heterocycles. The van der Waals surface area contributed by atoms with Gasteiger partial charge in [-0.05, 0) is 30.7 Å². The fourth-order valence-electron chi connectivity index (χ4n) is 1.64. The Morgan fingerprint density at radius 3 is 2.17 bits per heavy atom. The van der Waals surface area contributed by atoms with Crippen LogP contribution in [0.2, 0.25) is 0 Å². The Labute approximate surface area is 136 Å². The summed E-state index contributed by atoms with van der Waals surface area (Å²) in [6.45, 7) is 1.93. The first kappa shape index (κ1) is 19.9. The summed E-state index contributed by atoms with van der Waals surface area (Å²) < 4.78 is 73.2. The molecule has 0 aliphatic rings. The van der Waals surface area contributed by atoms with Gasteiger partial charge in [0.2, 0.25) is 5.78 Å². The Hall–Kier alpha value is -2.12. The van der Waals surface area contributed by atoms with Crippen LogP contribution in [0.15, 0.2) is 30.3 Å². The van der Waals surface area contributed by atoms with Gasteiger partial charge in [0, 0.05) is 11.6 Å². The number of carbonyl (C=O) groups excluding carboxylic acids is 1. The number of rotatable bonds is 8. The molecule has 0 aliphatic carbocycles. The third-order valence-electron chi connectivity index (χ3n) is 3.06. The molecule has 1 aromatic rings. The number of alkyl halides is 5. The highest BCUT2D eigenvalue weighted by Crippen LogP contribution is 2.37. The maximum absolute atomic E-state index is 13.1. The van der Waals surface area contributed by atoms with E-state index >= 15 is 0 Å². The molecule has 0 aromatic heterocycles. The first-order chi connectivity index (χ1) is 11.1. The van der Waals surface area contributed by atoms with Crippen molar-refractivity contribution in [3.63, 3.8) is 0 Å². The Kier molecular flexibility index (Phi) is 6.74. The van der Waals surface area contributed by atoms with Gasteiger partial charge < -0.3 is 9.47 Å². The summed E-state index contributed by atoms with van der Waals surface area (Å²) in [7, 11) is 1.41. The Balaban J connectivity index is 3.14. The van der Waals surface area contributed by atoms with E-state index in [1.807, 2.05) is 6.92 Å². The zero-order valence-electron chi connectivity index (χ0n) is 13.1. The van der Waals surface area contributed by atoms with E-state index in [2.05, 4.69) is 0 Å². The lowest BCUT2D eigenvalue weighted by molar-refractivity contribution is -0.266. The van der Waals surface area contributed by atoms with Gasteiger partial charge in [-0.15, -0.1) is 0 Å². The van der Waals surface area contributed by atoms with Crippen molar-refractivity contribution < 1.29 is 36.2 Å². The van der Waals surface area contributed by atoms with Gasteiger partial charge in [-0.2, -0.15) is 22.0 Å². The van der Waals surface area contributed by atoms with Crippen LogP contribution in [0.5, 0.6) is 5.75 Å². The summed E-state index contributed by atoms with van der Waals surface area (Å²) >= 11 is 0. The van der Waals surface area contributed by atoms with E-state index < -0.39 is 17.9 Å². The number of halogens is 5. The Morgan fingerprint density at radius 1 is 1.12 bits per heavy atom. The summed E-state index contributed by atoms with van der Waals surface area (Å²) in [5.74, 6) is -7.74. The zero-order valence-corrected chi connectivity index (χ0v) is 13.1. The molecule has 8 heteroatoms. The van der Waals surface area contributed by atoms with Crippen LogP contribution in [0.25, 0.3) is 5.76 Å². The third kappa shape index (κ3) is 4.94. The van der Waals surface area contributed by atoms with Gasteiger partial charge >= 0.3 is 12.1 Å². The molecule has 3 nitrogen and oxygen atoms in total. The second-order valence-corrected chi connectivity index (χ2v) is 4.88. The first-order valence-electron chi connectivity index (χ1n) is 7.11. The molecule has 0 radical (unpaired) electrons. The molecule has 134 valence electrons. The summed E-state index contributed by atoms with van der Waals surface area (Å²) in [4.78, 5) is 11.4. The molecular weight excluding hydrogens is 335 g/mol. The molecule has 0 atom stereocenters. The van der Waals surface area contributed by atoms with E-state index in [1.54, 1.807) is 0 Å². The molecule has 0 spiro atoms. The van der Waals surface area contributed by atoms with Crippen LogP contribution in [0.3, 0.4) is 0 Å². The fraction of sp³-hybridized carbons (Fsp3) is 0.438. The van der Waals surface area contributed by atoms with Crippen LogP contribution in [0, 0.1) is 0 Å². The van der Waals surface area contributed by atoms with E-state index in [9.17, 15) is 26.7 Å². The number of ketones is 1. The Bertz CT molecular complexity index is 576. The van der Waals surface area contributed by atoms with Gasteiger partial charge in [0.05, 0.1) is 13.7 Å². The predicted molar refractivity (Wildman–Crippen MR) is 77.8 cm³/mol. The van der Waals surface area contributed by atoms with E-state index in [0.717, 1.165) is 6.42 Å². The van der Waals surface area contributed by atoms with E-state index in [-0.39, 0.29) is 24.0 Å². The van der Waals surface area contributed by atoms with Crippen molar-refractivity contribution in [2.45, 2.75) is 31.9 Å². The van der Waals surface area contributed by atoms with Crippen LogP contribution in [-0.4, -0.2) is 31.6 Å². The molecule has 0 amide bonds. The maximum Gasteiger partial charge on any atom is 0.461 e. The quantitative estimate of drug-likeness (QED) is 0.296. The van der Waals surface area contributed by atoms with Crippen LogP contribution in [0.4, 0.5) is 22.0 Å². The van der Waals surface area contributed by atoms with Gasteiger partial charge in [-0.1, -0.05) is 13.3 Å². The largest absolute Gasteiger partial charge is 0.497 e. The van der Waals surface area contributed by atoms with Crippen molar-refractivity contribution in [3.05, 3.63) is 35.9 Å². The molecule has 0 N–H and O–H groups in total. The molecule has 1 aromatic carbocycles. The number of methoxy groups -OCH3 is 1. The minimum absolute atomic E-state index is 0.0826. The lowest BCUT2D eigenvalue weighted by Crippen LogP contribution is -2.43. The zero-order chi connectivity index (χ0) is 18.4. The van der Waals surface area contributed by atoms with Gasteiger partial charge in [-0.3, -0.25) is 4.79 Å². The Morgan fingerprint density at radius 2 is 1.71 bits per heavy atom. The topological polar surface area (TPSA) is 35.5 Å². The van der Waals surface area contributed by atoms with Crippen molar-refractivity contribution in [2.75, 3.05) is 13.7 Å². The summed E-state index contributed by atoms with van der Waals surface area (Å²) in [6, 6.07) is 5.74. The van der Waals surface area contributed by atoms with Gasteiger partial charge in [0.15, 0.2) is 0 Å². The lowest BCUT2D eigenvalue weighted by atomic mass is 10.1. The van der Waals surface area contributed by atoms with Gasteiger partial charge in [0.1, 0.15) is 11.5 Å². The number of allylic oxidation sites excluding steroid dienone is 1. The van der Waals surface area contributed by atoms with Crippen LogP contribution in [0.1, 0.15) is 25.3 Å². The average Bonchev–Trinajstić information content (AvgIpc) is 2.53. The number of carbonyl (C=O) groups is 1. The van der Waals surface area contributed by atoms with Crippen molar-refractivity contribution in [1.29, 1.82) is 0 Å². The highest BCUT2D eigenvalue weighted by atomic mass is 19.4. The van der Waals surface area contributed by atoms with Crippen molar-refractivity contribution in [2.24, 2.45) is 0 Å². The molecule has 0 saturated carbocycles. The predicted octanol–water partition coefficient (Wildman–Crippen LogP) is 4.62. The second-order valence-electron chi connectivity index (χ2n) is 4.88. The number of ether oxygens (including phenoxy) is 2. The van der Waals surface area contributed by atoms with Crippen LogP contribution in [-0.2, 0) is 9.53 Å². The molecule has 24 heavy (non-hydrogen) atoms. The average molecular weight is 352 g/mol. The molecule has 1 rings (SSSR count). The molecule has 0 unspecified atom stereocenters. The normalized spacial score (nSPS) is 12.9. The van der Waals surface area contributed by atoms with Crippen LogP contribution >= 0.6 is 0 Å². The monoisotopic (exact) mass is 352 g/mol. The van der Waals surface area contributed by atoms with E-state index in [4.69, 9.17) is 9.47 Å². The molecular formula is C16H17F5O3. The summed E-state index contributed by atoms with van der Waals surface area (Å²) in [5.41, 5.74) is 0.193. The fourth-order valence-corrected chi connectivity index (χ4v) is 1.64. The molecule has 0 heterocycles. The molecule has 0 fully saturated rings. The maximum atomic E-state index is 13.1. The first-order valence-corrected chi connectivity index (χ1v) is 7.11. The molecule has 0 aliphatic heterocycles. The number of hydrogen-bond acceptors (Lipinski definition) is 3. The van der Waals surface area contributed by atoms with E-state index in [0.29, 0.717) is 12.2 Å². The minimum Gasteiger partial charge on any atom is -0.497 e. The standard InChI is InChI=1S/C16H17F5O3/c1-3-4-9-24-13(11-5-7-12(23-2)8-6-11)10-14(22)15(17,18)16(19,20)21/h5-8,10H,3-4,9H2,1-2H3. The highest BCUT2D eigenvalue weighted by Gasteiger charge is 2.62. The van der Waals surface area contributed by atoms with Gasteiger partial charge in [-0.25, -0.2) is 0 Å². The van der Waals surface area contributed by atoms with Crippen LogP contribution < -0.4 is 4.74 Å². The number of benzene rings is 1. The van der Waals surface area contributed by atoms with Crippen molar-refractivity contribution in [1.82, 2.24) is 0 Å². The highest BCUT2D eigenvalue weighted by molar-refractivity contribution is 6.01. The SMILES string of the molecule is CCCCOC(=CC(=O)C(F)(F)C(F)(F)F)c1ccc(OC)cc1. The smallest absolute Gasteiger partial charge is 0.461 e. The lowest BCUT2D eigenvalue weighted by Gasteiger charge is -2.17. The summed E-state index contributed by atoms with van der Waals surface area (Å²) in [6.07, 6.45) is -4.50. The second kappa shape index (κ2) is 8.12. The number of hydrogen-bond donors (Lipinski definition) is 0. The van der Waals surface area contributed by atoms with Crippen molar-refractivity contribution >= 4 is 11.5 Å². The third-order valence-corrected chi connectivity index (χ3v) is 3.06. The van der Waals surface area contributed by atoms with Crippen molar-refractivity contribution in [3.8, 4) is 5.75 Å². The van der Waals surface area contributed by atoms with E-state index in [1.165, 1.54) is 31.4 Å². The minimum atomic E-state index is -5.96. The molecule has 0 bridgehead atoms.